The van der Waals surface area contributed by atoms with Crippen molar-refractivity contribution in [2.45, 2.75) is 50.8 Å². The lowest BCUT2D eigenvalue weighted by molar-refractivity contribution is 0.0598. The number of rotatable bonds is 7. The fourth-order valence-electron chi connectivity index (χ4n) is 3.48. The van der Waals surface area contributed by atoms with Gasteiger partial charge in [0.05, 0.1) is 6.61 Å². The van der Waals surface area contributed by atoms with E-state index in [0.29, 0.717) is 25.2 Å². The maximum absolute atomic E-state index is 12.6. The summed E-state index contributed by atoms with van der Waals surface area (Å²) in [7, 11) is 0. The fraction of sp³-hybridized carbons (Fsp3) is 0.632. The van der Waals surface area contributed by atoms with Crippen LogP contribution < -0.4 is 0 Å². The second kappa shape index (κ2) is 8.49. The summed E-state index contributed by atoms with van der Waals surface area (Å²) in [5, 5.41) is 9.26. The Kier molecular flexibility index (Phi) is 6.10. The molecule has 1 saturated heterocycles. The van der Waals surface area contributed by atoms with E-state index in [0.717, 1.165) is 37.9 Å². The normalized spacial score (nSPS) is 21.5. The summed E-state index contributed by atoms with van der Waals surface area (Å²) in [5.74, 6) is 0. The molecule has 3 rings (SSSR count). The zero-order valence-corrected chi connectivity index (χ0v) is 14.3. The molecule has 1 amide bonds. The SMILES string of the molecule is O=C(OCc1ccccc1)N(C[C@@H]1CCCCN1CCO)C1CC1. The van der Waals surface area contributed by atoms with Crippen LogP contribution in [0, 0.1) is 0 Å². The van der Waals surface area contributed by atoms with Gasteiger partial charge < -0.3 is 14.7 Å². The monoisotopic (exact) mass is 332 g/mol. The van der Waals surface area contributed by atoms with E-state index in [-0.39, 0.29) is 12.7 Å². The van der Waals surface area contributed by atoms with Crippen molar-refractivity contribution in [3.8, 4) is 0 Å². The van der Waals surface area contributed by atoms with Crippen LogP contribution in [0.1, 0.15) is 37.7 Å². The molecule has 2 aliphatic rings. The van der Waals surface area contributed by atoms with Gasteiger partial charge in [0, 0.05) is 25.2 Å². The van der Waals surface area contributed by atoms with E-state index >= 15 is 0 Å². The molecule has 132 valence electrons. The van der Waals surface area contributed by atoms with Gasteiger partial charge in [-0.3, -0.25) is 4.90 Å². The number of carbonyl (C=O) groups excluding carboxylic acids is 1. The number of carbonyl (C=O) groups is 1. The quantitative estimate of drug-likeness (QED) is 0.834. The van der Waals surface area contributed by atoms with Gasteiger partial charge in [0.15, 0.2) is 0 Å². The first-order valence-corrected chi connectivity index (χ1v) is 9.10. The molecule has 0 radical (unpaired) electrons. The summed E-state index contributed by atoms with van der Waals surface area (Å²) >= 11 is 0. The first-order chi connectivity index (χ1) is 11.8. The number of hydrogen-bond acceptors (Lipinski definition) is 4. The molecule has 1 aliphatic carbocycles. The predicted octanol–water partition coefficient (Wildman–Crippen LogP) is 2.63. The summed E-state index contributed by atoms with van der Waals surface area (Å²) in [5.41, 5.74) is 1.01. The molecule has 24 heavy (non-hydrogen) atoms. The average Bonchev–Trinajstić information content (AvgIpc) is 3.45. The Hall–Kier alpha value is -1.59. The van der Waals surface area contributed by atoms with Gasteiger partial charge in [0.2, 0.25) is 0 Å². The molecule has 0 aromatic heterocycles. The number of aliphatic hydroxyl groups is 1. The first kappa shape index (κ1) is 17.2. The van der Waals surface area contributed by atoms with Crippen LogP contribution in [-0.2, 0) is 11.3 Å². The molecule has 0 spiro atoms. The van der Waals surface area contributed by atoms with Crippen molar-refractivity contribution in [1.82, 2.24) is 9.80 Å². The minimum Gasteiger partial charge on any atom is -0.445 e. The molecule has 1 saturated carbocycles. The third-order valence-corrected chi connectivity index (χ3v) is 4.97. The van der Waals surface area contributed by atoms with Gasteiger partial charge in [-0.25, -0.2) is 4.79 Å². The molecular weight excluding hydrogens is 304 g/mol. The molecule has 5 heteroatoms. The predicted molar refractivity (Wildman–Crippen MR) is 92.7 cm³/mol. The Balaban J connectivity index is 1.56. The number of aliphatic hydroxyl groups excluding tert-OH is 1. The van der Waals surface area contributed by atoms with Crippen LogP contribution in [-0.4, -0.2) is 59.3 Å². The standard InChI is InChI=1S/C19H28N2O3/c22-13-12-20-11-5-4-8-18(20)14-21(17-9-10-17)19(23)24-15-16-6-2-1-3-7-16/h1-3,6-7,17-18,22H,4-5,8-15H2/t18-/m0/s1. The van der Waals surface area contributed by atoms with Crippen LogP contribution in [0.4, 0.5) is 4.79 Å². The average molecular weight is 332 g/mol. The van der Waals surface area contributed by atoms with Gasteiger partial charge >= 0.3 is 6.09 Å². The minimum absolute atomic E-state index is 0.179. The molecule has 1 atom stereocenters. The summed E-state index contributed by atoms with van der Waals surface area (Å²) in [6, 6.07) is 10.5. The Bertz CT molecular complexity index is 517. The van der Waals surface area contributed by atoms with Crippen LogP contribution in [0.2, 0.25) is 0 Å². The molecule has 2 fully saturated rings. The molecule has 0 bridgehead atoms. The number of amides is 1. The van der Waals surface area contributed by atoms with Gasteiger partial charge in [-0.05, 0) is 37.8 Å². The van der Waals surface area contributed by atoms with E-state index in [4.69, 9.17) is 4.74 Å². The van der Waals surface area contributed by atoms with Gasteiger partial charge in [-0.15, -0.1) is 0 Å². The van der Waals surface area contributed by atoms with Crippen molar-refractivity contribution in [3.05, 3.63) is 35.9 Å². The van der Waals surface area contributed by atoms with E-state index in [9.17, 15) is 9.90 Å². The molecule has 0 unspecified atom stereocenters. The zero-order valence-electron chi connectivity index (χ0n) is 14.3. The lowest BCUT2D eigenvalue weighted by Gasteiger charge is -2.38. The maximum Gasteiger partial charge on any atom is 0.410 e. The van der Waals surface area contributed by atoms with E-state index in [1.165, 1.54) is 12.8 Å². The Labute approximate surface area is 144 Å². The second-order valence-electron chi connectivity index (χ2n) is 6.83. The lowest BCUT2D eigenvalue weighted by Crippen LogP contribution is -2.49. The number of ether oxygens (including phenoxy) is 1. The minimum atomic E-state index is -0.198. The summed E-state index contributed by atoms with van der Waals surface area (Å²) in [6.45, 7) is 2.94. The van der Waals surface area contributed by atoms with Crippen LogP contribution in [0.5, 0.6) is 0 Å². The van der Waals surface area contributed by atoms with Crippen LogP contribution >= 0.6 is 0 Å². The molecule has 1 aliphatic heterocycles. The summed E-state index contributed by atoms with van der Waals surface area (Å²) < 4.78 is 5.55. The fourth-order valence-corrected chi connectivity index (χ4v) is 3.48. The Morgan fingerprint density at radius 1 is 1.21 bits per heavy atom. The van der Waals surface area contributed by atoms with E-state index in [2.05, 4.69) is 4.90 Å². The topological polar surface area (TPSA) is 53.0 Å². The Morgan fingerprint density at radius 2 is 2.00 bits per heavy atom. The van der Waals surface area contributed by atoms with Crippen molar-refractivity contribution in [3.63, 3.8) is 0 Å². The molecular formula is C19H28N2O3. The van der Waals surface area contributed by atoms with Crippen molar-refractivity contribution >= 4 is 6.09 Å². The van der Waals surface area contributed by atoms with Crippen molar-refractivity contribution in [1.29, 1.82) is 0 Å². The van der Waals surface area contributed by atoms with E-state index < -0.39 is 0 Å². The third-order valence-electron chi connectivity index (χ3n) is 4.97. The highest BCUT2D eigenvalue weighted by Crippen LogP contribution is 2.29. The third kappa shape index (κ3) is 4.71. The van der Waals surface area contributed by atoms with Crippen molar-refractivity contribution in [2.75, 3.05) is 26.2 Å². The number of nitrogens with zero attached hydrogens (tertiary/aromatic N) is 2. The van der Waals surface area contributed by atoms with Gasteiger partial charge in [-0.1, -0.05) is 36.8 Å². The highest BCUT2D eigenvalue weighted by atomic mass is 16.6. The highest BCUT2D eigenvalue weighted by Gasteiger charge is 2.36. The number of benzene rings is 1. The Morgan fingerprint density at radius 3 is 2.71 bits per heavy atom. The van der Waals surface area contributed by atoms with Gasteiger partial charge in [-0.2, -0.15) is 0 Å². The zero-order chi connectivity index (χ0) is 16.8. The number of likely N-dealkylation sites (tertiary alicyclic amines) is 1. The van der Waals surface area contributed by atoms with Gasteiger partial charge in [0.25, 0.3) is 0 Å². The molecule has 1 N–H and O–H groups in total. The maximum atomic E-state index is 12.6. The molecule has 5 nitrogen and oxygen atoms in total. The highest BCUT2D eigenvalue weighted by molar-refractivity contribution is 5.68. The van der Waals surface area contributed by atoms with Gasteiger partial charge in [0.1, 0.15) is 6.61 Å². The van der Waals surface area contributed by atoms with Crippen molar-refractivity contribution < 1.29 is 14.6 Å². The smallest absolute Gasteiger partial charge is 0.410 e. The molecule has 1 aromatic rings. The van der Waals surface area contributed by atoms with Crippen LogP contribution in [0.15, 0.2) is 30.3 Å². The van der Waals surface area contributed by atoms with E-state index in [1.807, 2.05) is 35.2 Å². The van der Waals surface area contributed by atoms with Crippen LogP contribution in [0.25, 0.3) is 0 Å². The van der Waals surface area contributed by atoms with E-state index in [1.54, 1.807) is 0 Å². The molecule has 1 aromatic carbocycles. The number of hydrogen-bond donors (Lipinski definition) is 1. The largest absolute Gasteiger partial charge is 0.445 e. The van der Waals surface area contributed by atoms with Crippen LogP contribution in [0.3, 0.4) is 0 Å². The number of β-amino-alcohol motifs (C(OH)–C–C–N with tert-alkyl or cyclic N) is 1. The molecule has 1 heterocycles. The van der Waals surface area contributed by atoms with Crippen molar-refractivity contribution in [2.24, 2.45) is 0 Å². The lowest BCUT2D eigenvalue weighted by atomic mass is 10.0. The first-order valence-electron chi connectivity index (χ1n) is 9.10. The summed E-state index contributed by atoms with van der Waals surface area (Å²) in [6.07, 6.45) is 5.42. The number of piperidine rings is 1. The second-order valence-corrected chi connectivity index (χ2v) is 6.83. The summed E-state index contributed by atoms with van der Waals surface area (Å²) in [4.78, 5) is 16.8.